The fourth-order valence-corrected chi connectivity index (χ4v) is 4.86. The Balaban J connectivity index is 1.69. The number of piperidine rings is 1. The molecule has 2 aromatic carbocycles. The lowest BCUT2D eigenvalue weighted by atomic mass is 10.0. The summed E-state index contributed by atoms with van der Waals surface area (Å²) in [5, 5.41) is 9.63. The van der Waals surface area contributed by atoms with E-state index in [9.17, 15) is 41.0 Å². The second-order valence-corrected chi connectivity index (χ2v) is 10.0. The molecule has 0 radical (unpaired) electrons. The third-order valence-corrected chi connectivity index (χ3v) is 6.89. The fraction of sp³-hybridized carbons (Fsp3) is 0.345. The van der Waals surface area contributed by atoms with Gasteiger partial charge in [-0.1, -0.05) is 24.3 Å². The number of phenolic OH excluding ortho intramolecular Hbond substituents is 1. The summed E-state index contributed by atoms with van der Waals surface area (Å²) in [4.78, 5) is 33.6. The molecule has 1 fully saturated rings. The molecule has 0 bridgehead atoms. The first-order valence-electron chi connectivity index (χ1n) is 13.2. The molecule has 0 aliphatic carbocycles. The number of hydrogen-bond donors (Lipinski definition) is 2. The standard InChI is InChI=1S/C29H28F6N4O4/c30-28(31,32)22-14-18(7-9-24(22)40)8-10-26(41)39(17-27(42)38-13-3-4-19(36)16-38)23-11-12-37-15-21(23)20-5-1-2-6-25(20)43-29(33,34)35/h1-2,5-7,9,11-12,14-15,19,40H,3-4,8,10,13,16-17,36H2. The van der Waals surface area contributed by atoms with E-state index in [4.69, 9.17) is 5.73 Å². The van der Waals surface area contributed by atoms with Crippen molar-refractivity contribution in [2.24, 2.45) is 5.73 Å². The number of aromatic nitrogens is 1. The van der Waals surface area contributed by atoms with Gasteiger partial charge in [-0.15, -0.1) is 13.2 Å². The molecule has 43 heavy (non-hydrogen) atoms. The first-order chi connectivity index (χ1) is 20.2. The highest BCUT2D eigenvalue weighted by Gasteiger charge is 2.35. The van der Waals surface area contributed by atoms with Crippen LogP contribution in [-0.2, 0) is 22.2 Å². The van der Waals surface area contributed by atoms with Gasteiger partial charge >= 0.3 is 12.5 Å². The monoisotopic (exact) mass is 610 g/mol. The minimum absolute atomic E-state index is 0.0505. The molecule has 2 amide bonds. The average molecular weight is 611 g/mol. The summed E-state index contributed by atoms with van der Waals surface area (Å²) in [6, 6.07) is 9.17. The number of benzene rings is 2. The number of carbonyl (C=O) groups is 2. The number of para-hydroxylation sites is 1. The number of halogens is 6. The van der Waals surface area contributed by atoms with Crippen LogP contribution in [0, 0.1) is 0 Å². The zero-order valence-electron chi connectivity index (χ0n) is 22.7. The van der Waals surface area contributed by atoms with Crippen LogP contribution in [0.5, 0.6) is 11.5 Å². The molecule has 1 atom stereocenters. The summed E-state index contributed by atoms with van der Waals surface area (Å²) in [5.74, 6) is -2.67. The zero-order chi connectivity index (χ0) is 31.4. The Labute approximate surface area is 242 Å². The van der Waals surface area contributed by atoms with Gasteiger partial charge in [0.2, 0.25) is 11.8 Å². The van der Waals surface area contributed by atoms with E-state index in [2.05, 4.69) is 9.72 Å². The molecule has 2 heterocycles. The van der Waals surface area contributed by atoms with E-state index >= 15 is 0 Å². The summed E-state index contributed by atoms with van der Waals surface area (Å²) >= 11 is 0. The van der Waals surface area contributed by atoms with Gasteiger partial charge in [-0.3, -0.25) is 14.6 Å². The third-order valence-electron chi connectivity index (χ3n) is 6.89. The smallest absolute Gasteiger partial charge is 0.507 e. The molecule has 1 aliphatic heterocycles. The third kappa shape index (κ3) is 8.15. The van der Waals surface area contributed by atoms with Crippen molar-refractivity contribution in [3.63, 3.8) is 0 Å². The van der Waals surface area contributed by atoms with E-state index in [-0.39, 0.29) is 47.8 Å². The second kappa shape index (κ2) is 12.9. The molecule has 1 aromatic heterocycles. The predicted octanol–water partition coefficient (Wildman–Crippen LogP) is 5.29. The van der Waals surface area contributed by atoms with E-state index in [1.807, 2.05) is 0 Å². The van der Waals surface area contributed by atoms with E-state index in [1.165, 1.54) is 47.6 Å². The summed E-state index contributed by atoms with van der Waals surface area (Å²) in [5.41, 5.74) is 4.91. The number of rotatable bonds is 8. The Kier molecular flexibility index (Phi) is 9.48. The number of amides is 2. The summed E-state index contributed by atoms with van der Waals surface area (Å²) in [6.45, 7) is 0.141. The second-order valence-electron chi connectivity index (χ2n) is 10.0. The average Bonchev–Trinajstić information content (AvgIpc) is 2.94. The van der Waals surface area contributed by atoms with E-state index < -0.39 is 48.0 Å². The van der Waals surface area contributed by atoms with Gasteiger partial charge in [0.25, 0.3) is 0 Å². The highest BCUT2D eigenvalue weighted by molar-refractivity contribution is 6.02. The van der Waals surface area contributed by atoms with E-state index in [0.29, 0.717) is 19.4 Å². The number of likely N-dealkylation sites (tertiary alicyclic amines) is 1. The van der Waals surface area contributed by atoms with E-state index in [0.717, 1.165) is 23.1 Å². The van der Waals surface area contributed by atoms with E-state index in [1.54, 1.807) is 0 Å². The number of phenols is 1. The molecule has 14 heteroatoms. The molecule has 1 saturated heterocycles. The molecule has 1 aliphatic rings. The van der Waals surface area contributed by atoms with Crippen LogP contribution >= 0.6 is 0 Å². The van der Waals surface area contributed by atoms with Crippen molar-refractivity contribution in [3.8, 4) is 22.6 Å². The van der Waals surface area contributed by atoms with Crippen LogP contribution in [-0.4, -0.2) is 58.8 Å². The molecular weight excluding hydrogens is 582 g/mol. The van der Waals surface area contributed by atoms with Crippen molar-refractivity contribution in [3.05, 3.63) is 72.1 Å². The first kappa shape index (κ1) is 31.6. The lowest BCUT2D eigenvalue weighted by molar-refractivity contribution is -0.274. The first-order valence-corrected chi connectivity index (χ1v) is 13.2. The lowest BCUT2D eigenvalue weighted by Crippen LogP contribution is -2.50. The van der Waals surface area contributed by atoms with Crippen molar-refractivity contribution in [2.45, 2.75) is 44.3 Å². The van der Waals surface area contributed by atoms with Gasteiger partial charge in [0.15, 0.2) is 0 Å². The molecule has 3 aromatic rings. The highest BCUT2D eigenvalue weighted by atomic mass is 19.4. The number of nitrogens with zero attached hydrogens (tertiary/aromatic N) is 3. The maximum Gasteiger partial charge on any atom is 0.573 e. The van der Waals surface area contributed by atoms with Gasteiger partial charge in [0, 0.05) is 49.1 Å². The summed E-state index contributed by atoms with van der Waals surface area (Å²) in [7, 11) is 0. The van der Waals surface area contributed by atoms with Gasteiger partial charge in [-0.05, 0) is 49.1 Å². The maximum atomic E-state index is 13.7. The number of nitrogens with two attached hydrogens (primary N) is 1. The predicted molar refractivity (Wildman–Crippen MR) is 144 cm³/mol. The summed E-state index contributed by atoms with van der Waals surface area (Å²) < 4.78 is 83.6. The molecule has 3 N–H and O–H groups in total. The van der Waals surface area contributed by atoms with Crippen LogP contribution in [0.3, 0.4) is 0 Å². The minimum atomic E-state index is -5.02. The Morgan fingerprint density at radius 3 is 2.51 bits per heavy atom. The number of pyridine rings is 1. The normalized spacial score (nSPS) is 15.7. The lowest BCUT2D eigenvalue weighted by Gasteiger charge is -2.33. The molecule has 8 nitrogen and oxygen atoms in total. The van der Waals surface area contributed by atoms with Gasteiger partial charge in [0.05, 0.1) is 11.3 Å². The number of aryl methyl sites for hydroxylation is 1. The maximum absolute atomic E-state index is 13.7. The van der Waals surface area contributed by atoms with Crippen molar-refractivity contribution in [2.75, 3.05) is 24.5 Å². The Hall–Kier alpha value is -4.33. The SMILES string of the molecule is NC1CCCN(C(=O)CN(C(=O)CCc2ccc(O)c(C(F)(F)F)c2)c2ccncc2-c2ccccc2OC(F)(F)F)C1. The van der Waals surface area contributed by atoms with Crippen molar-refractivity contribution in [1.82, 2.24) is 9.88 Å². The molecule has 230 valence electrons. The number of aromatic hydroxyl groups is 1. The number of hydrogen-bond acceptors (Lipinski definition) is 6. The summed E-state index contributed by atoms with van der Waals surface area (Å²) in [6.07, 6.45) is -6.51. The molecule has 0 spiro atoms. The molecular formula is C29H28F6N4O4. The number of carbonyl (C=O) groups excluding carboxylic acids is 2. The number of ether oxygens (including phenoxy) is 1. The highest BCUT2D eigenvalue weighted by Crippen LogP contribution is 2.39. The number of alkyl halides is 6. The van der Waals surface area contributed by atoms with Crippen LogP contribution in [0.2, 0.25) is 0 Å². The van der Waals surface area contributed by atoms with Crippen LogP contribution < -0.4 is 15.4 Å². The van der Waals surface area contributed by atoms with Crippen LogP contribution in [0.4, 0.5) is 32.0 Å². The zero-order valence-corrected chi connectivity index (χ0v) is 22.7. The molecule has 0 saturated carbocycles. The van der Waals surface area contributed by atoms with Crippen molar-refractivity contribution >= 4 is 17.5 Å². The Morgan fingerprint density at radius 1 is 1.07 bits per heavy atom. The fourth-order valence-electron chi connectivity index (χ4n) is 4.86. The minimum Gasteiger partial charge on any atom is -0.507 e. The van der Waals surface area contributed by atoms with Crippen LogP contribution in [0.1, 0.15) is 30.4 Å². The Bertz CT molecular complexity index is 1460. The van der Waals surface area contributed by atoms with Crippen LogP contribution in [0.15, 0.2) is 60.9 Å². The van der Waals surface area contributed by atoms with Crippen LogP contribution in [0.25, 0.3) is 11.1 Å². The van der Waals surface area contributed by atoms with Gasteiger partial charge in [-0.25, -0.2) is 0 Å². The quantitative estimate of drug-likeness (QED) is 0.336. The molecule has 4 rings (SSSR count). The number of anilines is 1. The van der Waals surface area contributed by atoms with Gasteiger partial charge < -0.3 is 25.4 Å². The molecule has 1 unspecified atom stereocenters. The van der Waals surface area contributed by atoms with Crippen molar-refractivity contribution in [1.29, 1.82) is 0 Å². The van der Waals surface area contributed by atoms with Gasteiger partial charge in [0.1, 0.15) is 18.0 Å². The topological polar surface area (TPSA) is 109 Å². The van der Waals surface area contributed by atoms with Gasteiger partial charge in [-0.2, -0.15) is 13.2 Å². The Morgan fingerprint density at radius 2 is 1.81 bits per heavy atom. The van der Waals surface area contributed by atoms with Crippen molar-refractivity contribution < 1.29 is 45.8 Å². The largest absolute Gasteiger partial charge is 0.573 e.